The number of para-hydroxylation sites is 2. The van der Waals surface area contributed by atoms with E-state index in [2.05, 4.69) is 9.88 Å². The van der Waals surface area contributed by atoms with Crippen molar-refractivity contribution in [2.45, 2.75) is 13.3 Å². The lowest BCUT2D eigenvalue weighted by molar-refractivity contribution is -0.136. The van der Waals surface area contributed by atoms with Crippen LogP contribution in [-0.4, -0.2) is 61.5 Å². The minimum atomic E-state index is -0.324. The Hall–Kier alpha value is -3.55. The molecule has 8 nitrogen and oxygen atoms in total. The first-order valence-corrected chi connectivity index (χ1v) is 10.9. The number of hydrogen-bond acceptors (Lipinski definition) is 6. The molecule has 166 valence electrons. The van der Waals surface area contributed by atoms with Crippen LogP contribution >= 0.6 is 0 Å². The third kappa shape index (κ3) is 3.66. The quantitative estimate of drug-likeness (QED) is 0.628. The van der Waals surface area contributed by atoms with Crippen LogP contribution in [-0.2, 0) is 9.59 Å². The molecule has 2 saturated heterocycles. The third-order valence-corrected chi connectivity index (χ3v) is 6.28. The monoisotopic (exact) mass is 434 g/mol. The summed E-state index contributed by atoms with van der Waals surface area (Å²) in [6.07, 6.45) is 0.238. The molecule has 2 aliphatic heterocycles. The highest BCUT2D eigenvalue weighted by Gasteiger charge is 2.38. The number of carbonyl (C=O) groups excluding carboxylic acids is 2. The summed E-state index contributed by atoms with van der Waals surface area (Å²) in [5, 5.41) is 0. The van der Waals surface area contributed by atoms with Gasteiger partial charge in [0.15, 0.2) is 11.5 Å². The van der Waals surface area contributed by atoms with Gasteiger partial charge in [-0.15, -0.1) is 0 Å². The van der Waals surface area contributed by atoms with E-state index >= 15 is 0 Å². The van der Waals surface area contributed by atoms with Gasteiger partial charge in [-0.2, -0.15) is 0 Å². The van der Waals surface area contributed by atoms with Crippen molar-refractivity contribution in [1.29, 1.82) is 0 Å². The van der Waals surface area contributed by atoms with Crippen LogP contribution in [0.1, 0.15) is 12.3 Å². The fourth-order valence-corrected chi connectivity index (χ4v) is 4.64. The van der Waals surface area contributed by atoms with Crippen molar-refractivity contribution in [3.8, 4) is 5.75 Å². The Morgan fingerprint density at radius 2 is 1.91 bits per heavy atom. The summed E-state index contributed by atoms with van der Waals surface area (Å²) in [5.41, 5.74) is 3.21. The van der Waals surface area contributed by atoms with Crippen LogP contribution in [0, 0.1) is 12.8 Å². The van der Waals surface area contributed by atoms with E-state index in [1.165, 1.54) is 0 Å². The maximum absolute atomic E-state index is 13.2. The molecule has 8 heteroatoms. The molecule has 3 heterocycles. The number of oxazole rings is 1. The zero-order valence-corrected chi connectivity index (χ0v) is 18.3. The predicted molar refractivity (Wildman–Crippen MR) is 121 cm³/mol. The van der Waals surface area contributed by atoms with Crippen LogP contribution in [0.15, 0.2) is 46.9 Å². The average Bonchev–Trinajstić information content (AvgIpc) is 3.39. The summed E-state index contributed by atoms with van der Waals surface area (Å²) >= 11 is 0. The standard InChI is InChI=1S/C24H26N4O4/c1-16-25-19-14-18(7-8-21(19)32-16)28-15-17(13-23(28)29)24(30)27-11-9-26(10-12-27)20-5-3-4-6-22(20)31-2/h3-8,14,17H,9-13,15H2,1-2H3/t17-/m1/s1. The van der Waals surface area contributed by atoms with Crippen molar-refractivity contribution in [2.75, 3.05) is 49.6 Å². The molecule has 0 saturated carbocycles. The number of nitrogens with zero attached hydrogens (tertiary/aromatic N) is 4. The van der Waals surface area contributed by atoms with Gasteiger partial charge in [-0.25, -0.2) is 4.98 Å². The molecule has 2 fully saturated rings. The molecule has 2 aromatic carbocycles. The molecule has 2 aliphatic rings. The number of anilines is 2. The van der Waals surface area contributed by atoms with Crippen LogP contribution in [0.5, 0.6) is 5.75 Å². The molecule has 0 radical (unpaired) electrons. The Balaban J connectivity index is 1.24. The summed E-state index contributed by atoms with van der Waals surface area (Å²) in [7, 11) is 1.67. The lowest BCUT2D eigenvalue weighted by Gasteiger charge is -2.37. The van der Waals surface area contributed by atoms with E-state index in [1.54, 1.807) is 18.9 Å². The molecular weight excluding hydrogens is 408 g/mol. The van der Waals surface area contributed by atoms with Crippen LogP contribution in [0.25, 0.3) is 11.1 Å². The second kappa shape index (κ2) is 8.18. The summed E-state index contributed by atoms with van der Waals surface area (Å²) in [6.45, 7) is 4.92. The Labute approximate surface area is 186 Å². The van der Waals surface area contributed by atoms with E-state index in [4.69, 9.17) is 9.15 Å². The fourth-order valence-electron chi connectivity index (χ4n) is 4.64. The van der Waals surface area contributed by atoms with Crippen molar-refractivity contribution in [3.05, 3.63) is 48.4 Å². The smallest absolute Gasteiger partial charge is 0.228 e. The summed E-state index contributed by atoms with van der Waals surface area (Å²) in [5.74, 6) is 1.12. The highest BCUT2D eigenvalue weighted by Crippen LogP contribution is 2.31. The Bertz CT molecular complexity index is 1170. The van der Waals surface area contributed by atoms with E-state index < -0.39 is 0 Å². The van der Waals surface area contributed by atoms with Crippen molar-refractivity contribution in [1.82, 2.24) is 9.88 Å². The molecule has 0 spiro atoms. The van der Waals surface area contributed by atoms with Gasteiger partial charge in [0, 0.05) is 51.8 Å². The third-order valence-electron chi connectivity index (χ3n) is 6.28. The molecule has 3 aromatic rings. The Kier molecular flexibility index (Phi) is 5.20. The number of aryl methyl sites for hydroxylation is 1. The van der Waals surface area contributed by atoms with E-state index in [-0.39, 0.29) is 24.2 Å². The largest absolute Gasteiger partial charge is 0.495 e. The minimum Gasteiger partial charge on any atom is -0.495 e. The van der Waals surface area contributed by atoms with Gasteiger partial charge >= 0.3 is 0 Å². The zero-order valence-electron chi connectivity index (χ0n) is 18.3. The Morgan fingerprint density at radius 1 is 1.12 bits per heavy atom. The average molecular weight is 434 g/mol. The van der Waals surface area contributed by atoms with Crippen molar-refractivity contribution in [3.63, 3.8) is 0 Å². The van der Waals surface area contributed by atoms with Gasteiger partial charge in [0.1, 0.15) is 11.3 Å². The van der Waals surface area contributed by atoms with Crippen LogP contribution in [0.4, 0.5) is 11.4 Å². The number of ether oxygens (including phenoxy) is 1. The molecule has 0 N–H and O–H groups in total. The van der Waals surface area contributed by atoms with Gasteiger partial charge in [-0.05, 0) is 30.3 Å². The number of carbonyl (C=O) groups is 2. The number of benzene rings is 2. The second-order valence-electron chi connectivity index (χ2n) is 8.27. The van der Waals surface area contributed by atoms with Gasteiger partial charge in [0.2, 0.25) is 11.8 Å². The van der Waals surface area contributed by atoms with Crippen LogP contribution in [0.3, 0.4) is 0 Å². The molecule has 1 atom stereocenters. The molecule has 2 amide bonds. The molecule has 0 unspecified atom stereocenters. The molecule has 5 rings (SSSR count). The van der Waals surface area contributed by atoms with Crippen molar-refractivity contribution >= 4 is 34.3 Å². The lowest BCUT2D eigenvalue weighted by Crippen LogP contribution is -2.50. The summed E-state index contributed by atoms with van der Waals surface area (Å²) < 4.78 is 11.0. The highest BCUT2D eigenvalue weighted by molar-refractivity contribution is 6.01. The van der Waals surface area contributed by atoms with E-state index in [0.717, 1.165) is 35.7 Å². The van der Waals surface area contributed by atoms with Crippen molar-refractivity contribution in [2.24, 2.45) is 5.92 Å². The van der Waals surface area contributed by atoms with E-state index in [9.17, 15) is 9.59 Å². The number of fused-ring (bicyclic) bond motifs is 1. The number of piperazine rings is 1. The normalized spacial score (nSPS) is 19.1. The topological polar surface area (TPSA) is 79.1 Å². The first-order valence-electron chi connectivity index (χ1n) is 10.9. The van der Waals surface area contributed by atoms with E-state index in [0.29, 0.717) is 31.1 Å². The molecule has 32 heavy (non-hydrogen) atoms. The first-order chi connectivity index (χ1) is 15.5. The summed E-state index contributed by atoms with van der Waals surface area (Å²) in [4.78, 5) is 36.1. The number of aromatic nitrogens is 1. The first kappa shape index (κ1) is 20.4. The molecule has 0 aliphatic carbocycles. The van der Waals surface area contributed by atoms with E-state index in [1.807, 2.05) is 47.4 Å². The van der Waals surface area contributed by atoms with Gasteiger partial charge in [0.05, 0.1) is 18.7 Å². The Morgan fingerprint density at radius 3 is 2.69 bits per heavy atom. The number of amides is 2. The SMILES string of the molecule is COc1ccccc1N1CCN(C(=O)[C@@H]2CC(=O)N(c3ccc4oc(C)nc4c3)C2)CC1. The molecule has 1 aromatic heterocycles. The lowest BCUT2D eigenvalue weighted by atomic mass is 10.1. The number of hydrogen-bond donors (Lipinski definition) is 0. The number of methoxy groups -OCH3 is 1. The van der Waals surface area contributed by atoms with Crippen LogP contribution < -0.4 is 14.5 Å². The predicted octanol–water partition coefficient (Wildman–Crippen LogP) is 2.85. The molecular formula is C24H26N4O4. The fraction of sp³-hybridized carbons (Fsp3) is 0.375. The maximum atomic E-state index is 13.2. The van der Waals surface area contributed by atoms with Crippen LogP contribution in [0.2, 0.25) is 0 Å². The van der Waals surface area contributed by atoms with Gasteiger partial charge in [0.25, 0.3) is 0 Å². The second-order valence-corrected chi connectivity index (χ2v) is 8.27. The number of rotatable bonds is 4. The maximum Gasteiger partial charge on any atom is 0.228 e. The minimum absolute atomic E-state index is 0.0319. The van der Waals surface area contributed by atoms with Gasteiger partial charge in [-0.3, -0.25) is 9.59 Å². The summed E-state index contributed by atoms with van der Waals surface area (Å²) in [6, 6.07) is 13.5. The highest BCUT2D eigenvalue weighted by atomic mass is 16.5. The van der Waals surface area contributed by atoms with Gasteiger partial charge < -0.3 is 23.9 Å². The van der Waals surface area contributed by atoms with Crippen molar-refractivity contribution < 1.29 is 18.7 Å². The molecule has 0 bridgehead atoms. The zero-order chi connectivity index (χ0) is 22.2. The van der Waals surface area contributed by atoms with Gasteiger partial charge in [-0.1, -0.05) is 12.1 Å².